The van der Waals surface area contributed by atoms with E-state index < -0.39 is 6.79 Å². The molecule has 0 rings (SSSR count). The second kappa shape index (κ2) is 15.9. The molecule has 0 saturated carbocycles. The van der Waals surface area contributed by atoms with Crippen LogP contribution in [0.4, 0.5) is 0 Å². The van der Waals surface area contributed by atoms with Crippen LogP contribution in [0.5, 0.6) is 0 Å². The molecule has 64 valence electrons. The van der Waals surface area contributed by atoms with Crippen LogP contribution < -0.4 is 0 Å². The molecule has 0 amide bonds. The fourth-order valence-electron chi connectivity index (χ4n) is 0.231. The number of rotatable bonds is 4. The van der Waals surface area contributed by atoms with Crippen LogP contribution in [-0.2, 0) is 4.74 Å². The summed E-state index contributed by atoms with van der Waals surface area (Å²) in [7, 11) is 0. The Kier molecular flexibility index (Phi) is 19.9. The van der Waals surface area contributed by atoms with Gasteiger partial charge in [-0.25, -0.2) is 0 Å². The molecule has 4 N–H and O–H groups in total. The molecule has 0 aliphatic heterocycles. The summed E-state index contributed by atoms with van der Waals surface area (Å²) in [5.41, 5.74) is 0. The molecule has 0 bridgehead atoms. The zero-order chi connectivity index (χ0) is 8.24. The van der Waals surface area contributed by atoms with Gasteiger partial charge in [0.05, 0.1) is 26.4 Å². The van der Waals surface area contributed by atoms with Gasteiger partial charge in [0, 0.05) is 0 Å². The summed E-state index contributed by atoms with van der Waals surface area (Å²) in [6.45, 7) is -0.0544. The Labute approximate surface area is 59.5 Å². The van der Waals surface area contributed by atoms with E-state index in [2.05, 4.69) is 4.74 Å². The Morgan fingerprint density at radius 2 is 1.10 bits per heavy atom. The van der Waals surface area contributed by atoms with Crippen LogP contribution in [0.1, 0.15) is 0 Å². The lowest BCUT2D eigenvalue weighted by Gasteiger charge is -1.94. The molecule has 0 aromatic rings. The van der Waals surface area contributed by atoms with Gasteiger partial charge in [-0.05, 0) is 0 Å². The molecular weight excluding hydrogens is 140 g/mol. The molecule has 0 aromatic carbocycles. The van der Waals surface area contributed by atoms with Crippen LogP contribution in [0.2, 0.25) is 0 Å². The van der Waals surface area contributed by atoms with Gasteiger partial charge in [0.15, 0.2) is 0 Å². The third kappa shape index (κ3) is 25.0. The minimum Gasteiger partial charge on any atom is -0.394 e. The Bertz CT molecular complexity index is 37.0. The number of hydrogen-bond donors (Lipinski definition) is 4. The first kappa shape index (κ1) is 12.5. The molecule has 0 aromatic heterocycles. The minimum atomic E-state index is -0.750. The van der Waals surface area contributed by atoms with Crippen LogP contribution >= 0.6 is 0 Å². The van der Waals surface area contributed by atoms with E-state index in [4.69, 9.17) is 20.4 Å². The number of hydrogen-bond acceptors (Lipinski definition) is 5. The number of aliphatic hydroxyl groups is 4. The molecular formula is C5H14O5. The molecule has 0 saturated heterocycles. The van der Waals surface area contributed by atoms with Gasteiger partial charge >= 0.3 is 0 Å². The third-order valence-corrected chi connectivity index (χ3v) is 0.471. The SMILES string of the molecule is OCCOCCO.OCO. The Morgan fingerprint density at radius 1 is 0.800 bits per heavy atom. The summed E-state index contributed by atoms with van der Waals surface area (Å²) in [6, 6.07) is 0. The average Bonchev–Trinajstić information content (AvgIpc) is 1.91. The first-order valence-electron chi connectivity index (χ1n) is 2.84. The van der Waals surface area contributed by atoms with Gasteiger partial charge in [-0.3, -0.25) is 0 Å². The maximum atomic E-state index is 8.09. The van der Waals surface area contributed by atoms with E-state index in [-0.39, 0.29) is 13.2 Å². The van der Waals surface area contributed by atoms with Gasteiger partial charge in [0.25, 0.3) is 0 Å². The molecule has 5 heteroatoms. The van der Waals surface area contributed by atoms with Crippen molar-refractivity contribution in [2.24, 2.45) is 0 Å². The maximum Gasteiger partial charge on any atom is 0.140 e. The van der Waals surface area contributed by atoms with Gasteiger partial charge in [-0.1, -0.05) is 0 Å². The third-order valence-electron chi connectivity index (χ3n) is 0.471. The van der Waals surface area contributed by atoms with Crippen molar-refractivity contribution >= 4 is 0 Å². The quantitative estimate of drug-likeness (QED) is 0.275. The van der Waals surface area contributed by atoms with E-state index in [0.717, 1.165) is 0 Å². The summed E-state index contributed by atoms with van der Waals surface area (Å²) in [6.07, 6.45) is 0. The lowest BCUT2D eigenvalue weighted by Crippen LogP contribution is -2.03. The molecule has 0 heterocycles. The van der Waals surface area contributed by atoms with E-state index in [1.165, 1.54) is 0 Å². The fourth-order valence-corrected chi connectivity index (χ4v) is 0.231. The van der Waals surface area contributed by atoms with Crippen LogP contribution in [0.25, 0.3) is 0 Å². The molecule has 0 spiro atoms. The molecule has 0 radical (unpaired) electrons. The molecule has 0 aliphatic rings. The number of ether oxygens (including phenoxy) is 1. The predicted octanol–water partition coefficient (Wildman–Crippen LogP) is -2.08. The van der Waals surface area contributed by atoms with Crippen molar-refractivity contribution in [2.45, 2.75) is 0 Å². The highest BCUT2D eigenvalue weighted by molar-refractivity contribution is 4.24. The van der Waals surface area contributed by atoms with Gasteiger partial charge < -0.3 is 25.2 Å². The highest BCUT2D eigenvalue weighted by Gasteiger charge is 1.79. The minimum absolute atomic E-state index is 0.0278. The summed E-state index contributed by atoms with van der Waals surface area (Å²) < 4.78 is 4.63. The lowest BCUT2D eigenvalue weighted by molar-refractivity contribution is 0.0650. The first-order chi connectivity index (χ1) is 4.83. The van der Waals surface area contributed by atoms with E-state index in [1.54, 1.807) is 0 Å². The van der Waals surface area contributed by atoms with E-state index in [9.17, 15) is 0 Å². The van der Waals surface area contributed by atoms with E-state index >= 15 is 0 Å². The first-order valence-corrected chi connectivity index (χ1v) is 2.84. The topological polar surface area (TPSA) is 90.2 Å². The van der Waals surface area contributed by atoms with Crippen LogP contribution in [-0.4, -0.2) is 53.6 Å². The molecule has 0 fully saturated rings. The van der Waals surface area contributed by atoms with Gasteiger partial charge in [0.2, 0.25) is 0 Å². The maximum absolute atomic E-state index is 8.09. The van der Waals surface area contributed by atoms with Crippen LogP contribution in [0.3, 0.4) is 0 Å². The van der Waals surface area contributed by atoms with Gasteiger partial charge in [-0.15, -0.1) is 0 Å². The van der Waals surface area contributed by atoms with Gasteiger partial charge in [0.1, 0.15) is 6.79 Å². The highest BCUT2D eigenvalue weighted by Crippen LogP contribution is 1.68. The molecule has 0 aliphatic carbocycles. The van der Waals surface area contributed by atoms with Gasteiger partial charge in [-0.2, -0.15) is 0 Å². The van der Waals surface area contributed by atoms with Crippen molar-refractivity contribution in [3.8, 4) is 0 Å². The average molecular weight is 154 g/mol. The summed E-state index contributed by atoms with van der Waals surface area (Å²) in [5, 5.41) is 30.4. The fraction of sp³-hybridized carbons (Fsp3) is 1.00. The molecule has 10 heavy (non-hydrogen) atoms. The monoisotopic (exact) mass is 154 g/mol. The standard InChI is InChI=1S/C4H10O3.CH4O2/c5-1-3-7-4-2-6;2-1-3/h5-6H,1-4H2;2-3H,1H2. The Morgan fingerprint density at radius 3 is 1.30 bits per heavy atom. The molecule has 0 atom stereocenters. The van der Waals surface area contributed by atoms with Crippen molar-refractivity contribution < 1.29 is 25.2 Å². The van der Waals surface area contributed by atoms with E-state index in [0.29, 0.717) is 13.2 Å². The smallest absolute Gasteiger partial charge is 0.140 e. The molecule has 0 unspecified atom stereocenters. The van der Waals surface area contributed by atoms with Crippen molar-refractivity contribution in [3.63, 3.8) is 0 Å². The van der Waals surface area contributed by atoms with Crippen LogP contribution in [0, 0.1) is 0 Å². The van der Waals surface area contributed by atoms with Crippen LogP contribution in [0.15, 0.2) is 0 Å². The normalized spacial score (nSPS) is 8.40. The van der Waals surface area contributed by atoms with E-state index in [1.807, 2.05) is 0 Å². The lowest BCUT2D eigenvalue weighted by atomic mass is 10.7. The van der Waals surface area contributed by atoms with Crippen molar-refractivity contribution in [2.75, 3.05) is 33.2 Å². The zero-order valence-electron chi connectivity index (χ0n) is 5.73. The zero-order valence-corrected chi connectivity index (χ0v) is 5.73. The molecule has 5 nitrogen and oxygen atoms in total. The van der Waals surface area contributed by atoms with Crippen molar-refractivity contribution in [1.82, 2.24) is 0 Å². The summed E-state index contributed by atoms with van der Waals surface area (Å²) in [4.78, 5) is 0. The summed E-state index contributed by atoms with van der Waals surface area (Å²) >= 11 is 0. The predicted molar refractivity (Wildman–Crippen MR) is 34.3 cm³/mol. The Hall–Kier alpha value is -0.200. The Balaban J connectivity index is 0. The highest BCUT2D eigenvalue weighted by atomic mass is 16.5. The second-order valence-corrected chi connectivity index (χ2v) is 1.20. The van der Waals surface area contributed by atoms with Crippen molar-refractivity contribution in [1.29, 1.82) is 0 Å². The summed E-state index contributed by atoms with van der Waals surface area (Å²) in [5.74, 6) is 0. The number of aliphatic hydroxyl groups excluding tert-OH is 3. The largest absolute Gasteiger partial charge is 0.394 e. The second-order valence-electron chi connectivity index (χ2n) is 1.20. The van der Waals surface area contributed by atoms with Crippen molar-refractivity contribution in [3.05, 3.63) is 0 Å².